The fraction of sp³-hybridized carbons (Fsp3) is 0.455. The largest absolute Gasteiger partial charge is 0.224 e. The summed E-state index contributed by atoms with van der Waals surface area (Å²) in [5.41, 5.74) is 1.000. The summed E-state index contributed by atoms with van der Waals surface area (Å²) in [4.78, 5) is 0.192. The molecule has 1 aromatic rings. The Hall–Kier alpha value is -0.540. The maximum Gasteiger partial charge on any atom is 0.176 e. The van der Waals surface area contributed by atoms with E-state index in [1.54, 1.807) is 12.1 Å². The number of rotatable bonds is 1. The van der Waals surface area contributed by atoms with Crippen molar-refractivity contribution in [3.05, 3.63) is 28.8 Å². The monoisotopic (exact) mass is 246 g/mol. The van der Waals surface area contributed by atoms with E-state index in [9.17, 15) is 8.42 Å². The smallest absolute Gasteiger partial charge is 0.176 e. The van der Waals surface area contributed by atoms with Crippen molar-refractivity contribution in [2.24, 2.45) is 0 Å². The minimum atomic E-state index is -3.23. The Morgan fingerprint density at radius 1 is 1.20 bits per heavy atom. The van der Waals surface area contributed by atoms with E-state index in [0.717, 1.165) is 11.8 Å². The van der Waals surface area contributed by atoms with Gasteiger partial charge in [0, 0.05) is 6.26 Å². The van der Waals surface area contributed by atoms with Gasteiger partial charge in [0.2, 0.25) is 0 Å². The lowest BCUT2D eigenvalue weighted by molar-refractivity contribution is 0.587. The third-order valence-electron chi connectivity index (χ3n) is 2.20. The van der Waals surface area contributed by atoms with Crippen LogP contribution in [0.3, 0.4) is 0 Å². The molecule has 0 aliphatic heterocycles. The highest BCUT2D eigenvalue weighted by Crippen LogP contribution is 2.29. The van der Waals surface area contributed by atoms with Gasteiger partial charge in [-0.15, -0.1) is 0 Å². The van der Waals surface area contributed by atoms with Gasteiger partial charge in [-0.25, -0.2) is 8.42 Å². The Morgan fingerprint density at radius 3 is 2.07 bits per heavy atom. The predicted octanol–water partition coefficient (Wildman–Crippen LogP) is 3.04. The van der Waals surface area contributed by atoms with E-state index in [0.29, 0.717) is 5.02 Å². The second-order valence-corrected chi connectivity index (χ2v) is 7.06. The van der Waals surface area contributed by atoms with Crippen LogP contribution in [0.5, 0.6) is 0 Å². The van der Waals surface area contributed by atoms with Crippen LogP contribution in [0, 0.1) is 0 Å². The van der Waals surface area contributed by atoms with E-state index in [4.69, 9.17) is 11.6 Å². The first kappa shape index (κ1) is 12.5. The zero-order chi connectivity index (χ0) is 11.9. The van der Waals surface area contributed by atoms with E-state index < -0.39 is 9.84 Å². The van der Waals surface area contributed by atoms with Crippen LogP contribution in [0.15, 0.2) is 23.1 Å². The fourth-order valence-corrected chi connectivity index (χ4v) is 2.60. The predicted molar refractivity (Wildman–Crippen MR) is 63.3 cm³/mol. The summed E-state index contributed by atoms with van der Waals surface area (Å²) in [7, 11) is -3.23. The zero-order valence-electron chi connectivity index (χ0n) is 9.33. The molecule has 0 aromatic heterocycles. The van der Waals surface area contributed by atoms with Gasteiger partial charge in [-0.05, 0) is 23.1 Å². The van der Waals surface area contributed by atoms with Gasteiger partial charge in [0.15, 0.2) is 9.84 Å². The van der Waals surface area contributed by atoms with E-state index >= 15 is 0 Å². The average Bonchev–Trinajstić information content (AvgIpc) is 1.99. The van der Waals surface area contributed by atoms with Gasteiger partial charge in [0.25, 0.3) is 0 Å². The lowest BCUT2D eigenvalue weighted by Crippen LogP contribution is -2.11. The van der Waals surface area contributed by atoms with Gasteiger partial charge in [-0.2, -0.15) is 0 Å². The third kappa shape index (κ3) is 2.95. The van der Waals surface area contributed by atoms with Crippen LogP contribution in [0.4, 0.5) is 0 Å². The van der Waals surface area contributed by atoms with Gasteiger partial charge in [-0.1, -0.05) is 38.4 Å². The maximum absolute atomic E-state index is 11.3. The van der Waals surface area contributed by atoms with Crippen molar-refractivity contribution in [2.75, 3.05) is 6.26 Å². The first-order chi connectivity index (χ1) is 6.62. The van der Waals surface area contributed by atoms with Crippen molar-refractivity contribution in [3.8, 4) is 0 Å². The van der Waals surface area contributed by atoms with Crippen molar-refractivity contribution in [1.82, 2.24) is 0 Å². The van der Waals surface area contributed by atoms with E-state index in [1.165, 1.54) is 0 Å². The molecule has 0 spiro atoms. The lowest BCUT2D eigenvalue weighted by atomic mass is 9.87. The highest BCUT2D eigenvalue weighted by Gasteiger charge is 2.18. The maximum atomic E-state index is 11.3. The molecule has 84 valence electrons. The molecule has 0 N–H and O–H groups in total. The Bertz CT molecular complexity index is 470. The second-order valence-electron chi connectivity index (χ2n) is 4.67. The highest BCUT2D eigenvalue weighted by molar-refractivity contribution is 7.90. The van der Waals surface area contributed by atoms with E-state index in [-0.39, 0.29) is 10.3 Å². The molecule has 0 heterocycles. The minimum Gasteiger partial charge on any atom is -0.224 e. The van der Waals surface area contributed by atoms with Crippen molar-refractivity contribution in [2.45, 2.75) is 31.1 Å². The normalized spacial score (nSPS) is 12.9. The summed E-state index contributed by atoms with van der Waals surface area (Å²) in [6, 6.07) is 5.10. The molecule has 1 aromatic carbocycles. The summed E-state index contributed by atoms with van der Waals surface area (Å²) in [5, 5.41) is 0.296. The molecule has 0 bridgehead atoms. The standard InChI is InChI=1S/C11H15ClO2S/c1-11(2,3)8-5-6-10(9(12)7-8)15(4,13)14/h5-7H,1-4H3. The molecule has 0 saturated heterocycles. The molecule has 0 amide bonds. The van der Waals surface area contributed by atoms with E-state index in [1.807, 2.05) is 6.07 Å². The van der Waals surface area contributed by atoms with Crippen molar-refractivity contribution >= 4 is 21.4 Å². The first-order valence-electron chi connectivity index (χ1n) is 4.62. The molecule has 0 fully saturated rings. The molecule has 0 atom stereocenters. The Morgan fingerprint density at radius 2 is 1.73 bits per heavy atom. The van der Waals surface area contributed by atoms with Crippen LogP contribution in [0.2, 0.25) is 5.02 Å². The first-order valence-corrected chi connectivity index (χ1v) is 6.89. The van der Waals surface area contributed by atoms with Crippen molar-refractivity contribution in [1.29, 1.82) is 0 Å². The minimum absolute atomic E-state index is 0.0281. The van der Waals surface area contributed by atoms with Gasteiger partial charge >= 0.3 is 0 Å². The Labute approximate surface area is 96.2 Å². The molecule has 2 nitrogen and oxygen atoms in total. The fourth-order valence-electron chi connectivity index (χ4n) is 1.27. The summed E-state index contributed by atoms with van der Waals surface area (Å²) < 4.78 is 22.7. The van der Waals surface area contributed by atoms with Crippen LogP contribution in [0.1, 0.15) is 26.3 Å². The van der Waals surface area contributed by atoms with Crippen molar-refractivity contribution < 1.29 is 8.42 Å². The molecule has 0 aliphatic rings. The molecule has 0 radical (unpaired) electrons. The molecule has 0 aliphatic carbocycles. The molecule has 0 saturated carbocycles. The van der Waals surface area contributed by atoms with E-state index in [2.05, 4.69) is 20.8 Å². The summed E-state index contributed by atoms with van der Waals surface area (Å²) in [5.74, 6) is 0. The van der Waals surface area contributed by atoms with Gasteiger partial charge in [-0.3, -0.25) is 0 Å². The van der Waals surface area contributed by atoms with Crippen LogP contribution in [-0.4, -0.2) is 14.7 Å². The highest BCUT2D eigenvalue weighted by atomic mass is 35.5. The van der Waals surface area contributed by atoms with Crippen LogP contribution >= 0.6 is 11.6 Å². The molecule has 1 rings (SSSR count). The summed E-state index contributed by atoms with van der Waals surface area (Å²) in [6.45, 7) is 6.16. The van der Waals surface area contributed by atoms with Gasteiger partial charge < -0.3 is 0 Å². The number of hydrogen-bond donors (Lipinski definition) is 0. The van der Waals surface area contributed by atoms with Crippen LogP contribution in [-0.2, 0) is 15.3 Å². The topological polar surface area (TPSA) is 34.1 Å². The molecule has 0 unspecified atom stereocenters. The van der Waals surface area contributed by atoms with Crippen molar-refractivity contribution in [3.63, 3.8) is 0 Å². The Kier molecular flexibility index (Phi) is 3.17. The summed E-state index contributed by atoms with van der Waals surface area (Å²) in [6.07, 6.45) is 1.16. The molecular formula is C11H15ClO2S. The number of sulfone groups is 1. The van der Waals surface area contributed by atoms with Gasteiger partial charge in [0.05, 0.1) is 9.92 Å². The zero-order valence-corrected chi connectivity index (χ0v) is 10.9. The third-order valence-corrected chi connectivity index (χ3v) is 3.78. The number of halogens is 1. The Balaban J connectivity index is 3.34. The lowest BCUT2D eigenvalue weighted by Gasteiger charge is -2.19. The molecule has 15 heavy (non-hydrogen) atoms. The SMILES string of the molecule is CC(C)(C)c1ccc(S(C)(=O)=O)c(Cl)c1. The molecular weight excluding hydrogens is 232 g/mol. The second kappa shape index (κ2) is 3.80. The average molecular weight is 247 g/mol. The number of benzene rings is 1. The quantitative estimate of drug-likeness (QED) is 0.763. The van der Waals surface area contributed by atoms with Crippen LogP contribution < -0.4 is 0 Å². The summed E-state index contributed by atoms with van der Waals surface area (Å²) >= 11 is 5.94. The van der Waals surface area contributed by atoms with Crippen LogP contribution in [0.25, 0.3) is 0 Å². The van der Waals surface area contributed by atoms with Gasteiger partial charge in [0.1, 0.15) is 0 Å². The number of hydrogen-bond acceptors (Lipinski definition) is 2. The molecule has 4 heteroatoms.